The lowest BCUT2D eigenvalue weighted by atomic mass is 10.2. The molecule has 0 saturated heterocycles. The maximum atomic E-state index is 12.2. The lowest BCUT2D eigenvalue weighted by Gasteiger charge is -2.18. The largest absolute Gasteiger partial charge is 0.388 e. The second-order valence-electron chi connectivity index (χ2n) is 4.16. The van der Waals surface area contributed by atoms with Gasteiger partial charge in [-0.15, -0.1) is 0 Å². The predicted octanol–water partition coefficient (Wildman–Crippen LogP) is 1.28. The second-order valence-corrected chi connectivity index (χ2v) is 5.94. The predicted molar refractivity (Wildman–Crippen MR) is 64.5 cm³/mol. The van der Waals surface area contributed by atoms with Crippen molar-refractivity contribution in [2.24, 2.45) is 0 Å². The molecule has 0 bridgehead atoms. The van der Waals surface area contributed by atoms with Crippen molar-refractivity contribution in [2.75, 3.05) is 12.4 Å². The number of nitrogens with one attached hydrogen (secondary N) is 1. The summed E-state index contributed by atoms with van der Waals surface area (Å²) in [5.74, 6) is -0.447. The van der Waals surface area contributed by atoms with Gasteiger partial charge < -0.3 is 5.32 Å². The van der Waals surface area contributed by atoms with Gasteiger partial charge in [-0.1, -0.05) is 0 Å². The van der Waals surface area contributed by atoms with Gasteiger partial charge in [0, 0.05) is 18.8 Å². The highest BCUT2D eigenvalue weighted by Crippen LogP contribution is 2.33. The molecule has 5 nitrogen and oxygen atoms in total. The number of benzene rings is 1. The molecule has 0 aliphatic carbocycles. The summed E-state index contributed by atoms with van der Waals surface area (Å²) in [6.45, 7) is 3.36. The maximum absolute atomic E-state index is 12.2. The Morgan fingerprint density at radius 1 is 1.29 bits per heavy atom. The smallest absolute Gasteiger partial charge is 0.269 e. The molecule has 1 aromatic rings. The molecular formula is C11H14N2O3S. The number of rotatable bonds is 2. The molecule has 0 spiro atoms. The summed E-state index contributed by atoms with van der Waals surface area (Å²) in [5.41, 5.74) is 0.920. The lowest BCUT2D eigenvalue weighted by Crippen LogP contribution is -2.36. The third kappa shape index (κ3) is 1.59. The molecule has 1 N–H and O–H groups in total. The standard InChI is InChI=1S/C11H14N2O3S/c1-7(2)13-11(14)9-5-4-8(12-3)6-10(9)17(13,15)16/h4-7,12H,1-3H3. The Morgan fingerprint density at radius 3 is 2.47 bits per heavy atom. The van der Waals surface area contributed by atoms with E-state index in [1.54, 1.807) is 33.0 Å². The molecule has 0 aromatic heterocycles. The van der Waals surface area contributed by atoms with Crippen molar-refractivity contribution in [3.05, 3.63) is 23.8 Å². The molecule has 0 saturated carbocycles. The van der Waals surface area contributed by atoms with Crippen LogP contribution >= 0.6 is 0 Å². The van der Waals surface area contributed by atoms with E-state index in [4.69, 9.17) is 0 Å². The Bertz CT molecular complexity index is 578. The lowest BCUT2D eigenvalue weighted by molar-refractivity contribution is 0.0846. The minimum Gasteiger partial charge on any atom is -0.388 e. The van der Waals surface area contributed by atoms with Crippen molar-refractivity contribution in [3.63, 3.8) is 0 Å². The topological polar surface area (TPSA) is 66.5 Å². The number of hydrogen-bond donors (Lipinski definition) is 1. The Kier molecular flexibility index (Phi) is 2.61. The van der Waals surface area contributed by atoms with E-state index >= 15 is 0 Å². The fourth-order valence-electron chi connectivity index (χ4n) is 1.91. The van der Waals surface area contributed by atoms with E-state index in [9.17, 15) is 13.2 Å². The van der Waals surface area contributed by atoms with Crippen LogP contribution in [0.3, 0.4) is 0 Å². The zero-order valence-corrected chi connectivity index (χ0v) is 10.7. The number of carbonyl (C=O) groups is 1. The fraction of sp³-hybridized carbons (Fsp3) is 0.364. The van der Waals surface area contributed by atoms with Crippen LogP contribution in [0.15, 0.2) is 23.1 Å². The van der Waals surface area contributed by atoms with Crippen LogP contribution in [-0.4, -0.2) is 31.7 Å². The first-order valence-corrected chi connectivity index (χ1v) is 6.74. The summed E-state index contributed by atoms with van der Waals surface area (Å²) >= 11 is 0. The molecule has 1 aromatic carbocycles. The molecule has 1 amide bonds. The van der Waals surface area contributed by atoms with Gasteiger partial charge in [-0.2, -0.15) is 0 Å². The average molecular weight is 254 g/mol. The molecule has 0 radical (unpaired) electrons. The summed E-state index contributed by atoms with van der Waals surface area (Å²) in [6.07, 6.45) is 0. The van der Waals surface area contributed by atoms with E-state index in [0.717, 1.165) is 4.31 Å². The average Bonchev–Trinajstić information content (AvgIpc) is 2.46. The van der Waals surface area contributed by atoms with Crippen molar-refractivity contribution < 1.29 is 13.2 Å². The van der Waals surface area contributed by atoms with E-state index < -0.39 is 15.9 Å². The van der Waals surface area contributed by atoms with E-state index in [0.29, 0.717) is 5.69 Å². The first-order valence-electron chi connectivity index (χ1n) is 5.30. The Hall–Kier alpha value is -1.56. The van der Waals surface area contributed by atoms with E-state index in [1.807, 2.05) is 0 Å². The molecule has 6 heteroatoms. The monoisotopic (exact) mass is 254 g/mol. The van der Waals surface area contributed by atoms with Gasteiger partial charge in [-0.25, -0.2) is 12.7 Å². The number of sulfonamides is 1. The molecule has 1 aliphatic heterocycles. The Labute approximate surface area is 100 Å². The van der Waals surface area contributed by atoms with Gasteiger partial charge in [0.1, 0.15) is 4.90 Å². The van der Waals surface area contributed by atoms with Crippen LogP contribution in [-0.2, 0) is 10.0 Å². The molecule has 0 atom stereocenters. The van der Waals surface area contributed by atoms with E-state index in [1.165, 1.54) is 6.07 Å². The van der Waals surface area contributed by atoms with Gasteiger partial charge in [0.15, 0.2) is 0 Å². The molecule has 1 aliphatic rings. The number of anilines is 1. The fourth-order valence-corrected chi connectivity index (χ4v) is 3.71. The van der Waals surface area contributed by atoms with Crippen LogP contribution in [0.4, 0.5) is 5.69 Å². The normalized spacial score (nSPS) is 17.4. The van der Waals surface area contributed by atoms with Crippen LogP contribution in [0.25, 0.3) is 0 Å². The van der Waals surface area contributed by atoms with Gasteiger partial charge >= 0.3 is 0 Å². The van der Waals surface area contributed by atoms with Gasteiger partial charge in [0.2, 0.25) is 0 Å². The highest BCUT2D eigenvalue weighted by atomic mass is 32.2. The summed E-state index contributed by atoms with van der Waals surface area (Å²) in [5, 5.41) is 2.86. The molecule has 2 rings (SSSR count). The van der Waals surface area contributed by atoms with Crippen LogP contribution in [0.5, 0.6) is 0 Å². The summed E-state index contributed by atoms with van der Waals surface area (Å²) in [6, 6.07) is 4.35. The molecule has 0 unspecified atom stereocenters. The van der Waals surface area contributed by atoms with E-state index in [2.05, 4.69) is 5.32 Å². The Balaban J connectivity index is 2.67. The highest BCUT2D eigenvalue weighted by molar-refractivity contribution is 7.90. The van der Waals surface area contributed by atoms with Gasteiger partial charge in [0.25, 0.3) is 15.9 Å². The van der Waals surface area contributed by atoms with E-state index in [-0.39, 0.29) is 16.5 Å². The summed E-state index contributed by atoms with van der Waals surface area (Å²) in [4.78, 5) is 12.1. The molecule has 92 valence electrons. The minimum atomic E-state index is -3.68. The van der Waals surface area contributed by atoms with Gasteiger partial charge in [0.05, 0.1) is 5.56 Å². The minimum absolute atomic E-state index is 0.0862. The zero-order chi connectivity index (χ0) is 12.8. The number of amides is 1. The number of hydrogen-bond acceptors (Lipinski definition) is 4. The first kappa shape index (κ1) is 11.9. The highest BCUT2D eigenvalue weighted by Gasteiger charge is 2.42. The molecule has 1 heterocycles. The summed E-state index contributed by atoms with van der Waals surface area (Å²) in [7, 11) is -1.98. The maximum Gasteiger partial charge on any atom is 0.269 e. The SMILES string of the molecule is CNc1ccc2c(c1)S(=O)(=O)N(C(C)C)C2=O. The van der Waals surface area contributed by atoms with Crippen molar-refractivity contribution in [1.29, 1.82) is 0 Å². The third-order valence-corrected chi connectivity index (χ3v) is 4.71. The summed E-state index contributed by atoms with van der Waals surface area (Å²) < 4.78 is 25.3. The van der Waals surface area contributed by atoms with Gasteiger partial charge in [-0.3, -0.25) is 4.79 Å². The number of carbonyl (C=O) groups excluding carboxylic acids is 1. The van der Waals surface area contributed by atoms with Crippen molar-refractivity contribution >= 4 is 21.6 Å². The number of nitrogens with zero attached hydrogens (tertiary/aromatic N) is 1. The zero-order valence-electron chi connectivity index (χ0n) is 9.89. The molecular weight excluding hydrogens is 240 g/mol. The van der Waals surface area contributed by atoms with Crippen molar-refractivity contribution in [3.8, 4) is 0 Å². The quantitative estimate of drug-likeness (QED) is 0.863. The second kappa shape index (κ2) is 3.73. The van der Waals surface area contributed by atoms with Crippen LogP contribution < -0.4 is 5.32 Å². The van der Waals surface area contributed by atoms with Crippen LogP contribution in [0.1, 0.15) is 24.2 Å². The van der Waals surface area contributed by atoms with Crippen LogP contribution in [0.2, 0.25) is 0 Å². The molecule has 17 heavy (non-hydrogen) atoms. The first-order chi connectivity index (χ1) is 7.89. The van der Waals surface area contributed by atoms with Crippen molar-refractivity contribution in [2.45, 2.75) is 24.8 Å². The van der Waals surface area contributed by atoms with Crippen molar-refractivity contribution in [1.82, 2.24) is 4.31 Å². The number of fused-ring (bicyclic) bond motifs is 1. The van der Waals surface area contributed by atoms with Gasteiger partial charge in [-0.05, 0) is 32.0 Å². The van der Waals surface area contributed by atoms with Crippen LogP contribution in [0, 0.1) is 0 Å². The Morgan fingerprint density at radius 2 is 1.94 bits per heavy atom. The third-order valence-electron chi connectivity index (χ3n) is 2.71. The molecule has 0 fully saturated rings.